The maximum absolute atomic E-state index is 12.4. The van der Waals surface area contributed by atoms with Gasteiger partial charge in [0.05, 0.1) is 5.41 Å². The van der Waals surface area contributed by atoms with Crippen LogP contribution in [0.25, 0.3) is 0 Å². The number of urea groups is 1. The zero-order chi connectivity index (χ0) is 15.5. The Bertz CT molecular complexity index is 386. The zero-order valence-corrected chi connectivity index (χ0v) is 13.2. The van der Waals surface area contributed by atoms with Crippen molar-refractivity contribution in [1.29, 1.82) is 0 Å². The van der Waals surface area contributed by atoms with E-state index in [0.29, 0.717) is 25.9 Å². The largest absolute Gasteiger partial charge is 0.481 e. The smallest absolute Gasteiger partial charge is 0.319 e. The molecule has 0 bridgehead atoms. The fraction of sp³-hybridized carbons (Fsp3) is 0.867. The van der Waals surface area contributed by atoms with Gasteiger partial charge < -0.3 is 19.8 Å². The number of hydrogen-bond donors (Lipinski definition) is 1. The lowest BCUT2D eigenvalue weighted by Crippen LogP contribution is -2.50. The van der Waals surface area contributed by atoms with E-state index in [2.05, 4.69) is 4.90 Å². The van der Waals surface area contributed by atoms with Gasteiger partial charge in [-0.15, -0.1) is 0 Å². The Labute approximate surface area is 126 Å². The molecule has 0 unspecified atom stereocenters. The number of aliphatic carboxylic acids is 1. The van der Waals surface area contributed by atoms with Gasteiger partial charge in [0.2, 0.25) is 0 Å². The van der Waals surface area contributed by atoms with Crippen LogP contribution in [0, 0.1) is 5.41 Å². The zero-order valence-electron chi connectivity index (χ0n) is 13.2. The highest BCUT2D eigenvalue weighted by atomic mass is 16.4. The Hall–Kier alpha value is -1.30. The number of likely N-dealkylation sites (N-methyl/N-ethyl adjacent to an activating group) is 1. The van der Waals surface area contributed by atoms with Gasteiger partial charge in [-0.2, -0.15) is 0 Å². The summed E-state index contributed by atoms with van der Waals surface area (Å²) in [5.41, 5.74) is -0.676. The molecule has 2 aliphatic heterocycles. The van der Waals surface area contributed by atoms with Crippen LogP contribution in [0.1, 0.15) is 32.6 Å². The molecule has 2 heterocycles. The Balaban J connectivity index is 1.76. The molecule has 6 nitrogen and oxygen atoms in total. The number of piperidine rings is 1. The van der Waals surface area contributed by atoms with Crippen LogP contribution in [0.4, 0.5) is 4.79 Å². The van der Waals surface area contributed by atoms with Crippen LogP contribution in [0.5, 0.6) is 0 Å². The highest BCUT2D eigenvalue weighted by Crippen LogP contribution is 2.31. The first kappa shape index (κ1) is 16.1. The normalized spacial score (nSPS) is 22.3. The van der Waals surface area contributed by atoms with Gasteiger partial charge in [0.15, 0.2) is 0 Å². The quantitative estimate of drug-likeness (QED) is 0.850. The molecule has 0 aromatic carbocycles. The lowest BCUT2D eigenvalue weighted by molar-refractivity contribution is -0.150. The topological polar surface area (TPSA) is 64.1 Å². The maximum atomic E-state index is 12.4. The van der Waals surface area contributed by atoms with Crippen molar-refractivity contribution >= 4 is 12.0 Å². The minimum absolute atomic E-state index is 0.0293. The van der Waals surface area contributed by atoms with Gasteiger partial charge in [-0.3, -0.25) is 4.79 Å². The average molecular weight is 297 g/mol. The van der Waals surface area contributed by atoms with Crippen molar-refractivity contribution in [3.8, 4) is 0 Å². The number of hydrogen-bond acceptors (Lipinski definition) is 3. The number of nitrogens with zero attached hydrogens (tertiary/aromatic N) is 3. The number of carbonyl (C=O) groups is 2. The van der Waals surface area contributed by atoms with Crippen LogP contribution >= 0.6 is 0 Å². The van der Waals surface area contributed by atoms with E-state index in [-0.39, 0.29) is 6.03 Å². The second kappa shape index (κ2) is 6.64. The van der Waals surface area contributed by atoms with Gasteiger partial charge >= 0.3 is 12.0 Å². The summed E-state index contributed by atoms with van der Waals surface area (Å²) in [5, 5.41) is 9.22. The third-order valence-electron chi connectivity index (χ3n) is 4.93. The molecule has 2 aliphatic rings. The number of carboxylic acids is 1. The molecule has 0 aliphatic carbocycles. The Kier molecular flexibility index (Phi) is 5.08. The monoisotopic (exact) mass is 297 g/mol. The molecule has 0 aromatic heterocycles. The molecule has 6 heteroatoms. The van der Waals surface area contributed by atoms with Crippen LogP contribution in [-0.4, -0.2) is 78.1 Å². The van der Waals surface area contributed by atoms with Crippen LogP contribution in [-0.2, 0) is 4.79 Å². The van der Waals surface area contributed by atoms with E-state index in [0.717, 1.165) is 26.2 Å². The molecule has 2 fully saturated rings. The number of carbonyl (C=O) groups excluding carboxylic acids is 1. The van der Waals surface area contributed by atoms with E-state index in [4.69, 9.17) is 0 Å². The van der Waals surface area contributed by atoms with Crippen molar-refractivity contribution in [2.24, 2.45) is 5.41 Å². The first-order chi connectivity index (χ1) is 9.92. The lowest BCUT2D eigenvalue weighted by atomic mass is 9.80. The molecule has 0 radical (unpaired) electrons. The van der Waals surface area contributed by atoms with Crippen molar-refractivity contribution in [3.63, 3.8) is 0 Å². The van der Waals surface area contributed by atoms with E-state index in [1.165, 1.54) is 12.8 Å². The molecule has 0 saturated carbocycles. The standard InChI is InChI=1S/C15H27N3O3/c1-15(13(19)20)5-9-18(10-6-15)14(21)16(2)11-12-17-7-3-4-8-17/h3-12H2,1-2H3,(H,19,20). The van der Waals surface area contributed by atoms with Crippen LogP contribution in [0.3, 0.4) is 0 Å². The molecule has 21 heavy (non-hydrogen) atoms. The van der Waals surface area contributed by atoms with Gasteiger partial charge in [0.1, 0.15) is 0 Å². The third-order valence-corrected chi connectivity index (χ3v) is 4.93. The molecular weight excluding hydrogens is 270 g/mol. The summed E-state index contributed by atoms with van der Waals surface area (Å²) in [4.78, 5) is 29.5. The summed E-state index contributed by atoms with van der Waals surface area (Å²) in [6.45, 7) is 6.81. The minimum Gasteiger partial charge on any atom is -0.481 e. The highest BCUT2D eigenvalue weighted by molar-refractivity contribution is 5.77. The summed E-state index contributed by atoms with van der Waals surface area (Å²) in [7, 11) is 1.84. The first-order valence-electron chi connectivity index (χ1n) is 7.88. The second-order valence-corrected chi connectivity index (χ2v) is 6.61. The molecule has 0 spiro atoms. The third kappa shape index (κ3) is 3.87. The fourth-order valence-electron chi connectivity index (χ4n) is 3.04. The number of amides is 2. The van der Waals surface area contributed by atoms with Gasteiger partial charge in [0.25, 0.3) is 0 Å². The summed E-state index contributed by atoms with van der Waals surface area (Å²) in [5.74, 6) is -0.753. The predicted molar refractivity (Wildman–Crippen MR) is 80.2 cm³/mol. The molecule has 0 atom stereocenters. The molecule has 0 aromatic rings. The van der Waals surface area contributed by atoms with Crippen molar-refractivity contribution in [2.75, 3.05) is 46.3 Å². The average Bonchev–Trinajstić information content (AvgIpc) is 2.98. The van der Waals surface area contributed by atoms with Crippen molar-refractivity contribution in [2.45, 2.75) is 32.6 Å². The van der Waals surface area contributed by atoms with E-state index in [1.807, 2.05) is 7.05 Å². The van der Waals surface area contributed by atoms with E-state index < -0.39 is 11.4 Å². The maximum Gasteiger partial charge on any atom is 0.319 e. The molecule has 2 saturated heterocycles. The second-order valence-electron chi connectivity index (χ2n) is 6.61. The Morgan fingerprint density at radius 2 is 1.71 bits per heavy atom. The van der Waals surface area contributed by atoms with Crippen LogP contribution < -0.4 is 0 Å². The SMILES string of the molecule is CN(CCN1CCCC1)C(=O)N1CCC(C)(C(=O)O)CC1. The van der Waals surface area contributed by atoms with Gasteiger partial charge in [-0.05, 0) is 45.7 Å². The molecule has 1 N–H and O–H groups in total. The number of rotatable bonds is 4. The summed E-state index contributed by atoms with van der Waals surface area (Å²) in [6.07, 6.45) is 3.59. The first-order valence-corrected chi connectivity index (χ1v) is 7.88. The highest BCUT2D eigenvalue weighted by Gasteiger charge is 2.38. The molecule has 120 valence electrons. The van der Waals surface area contributed by atoms with Crippen LogP contribution in [0.15, 0.2) is 0 Å². The summed E-state index contributed by atoms with van der Waals surface area (Å²) < 4.78 is 0. The lowest BCUT2D eigenvalue weighted by Gasteiger charge is -2.38. The van der Waals surface area contributed by atoms with Crippen LogP contribution in [0.2, 0.25) is 0 Å². The predicted octanol–water partition coefficient (Wildman–Crippen LogP) is 1.32. The van der Waals surface area contributed by atoms with E-state index in [1.54, 1.807) is 16.7 Å². The summed E-state index contributed by atoms with van der Waals surface area (Å²) >= 11 is 0. The molecule has 2 amide bonds. The van der Waals surface area contributed by atoms with E-state index in [9.17, 15) is 14.7 Å². The molecular formula is C15H27N3O3. The van der Waals surface area contributed by atoms with Gasteiger partial charge in [0, 0.05) is 33.2 Å². The van der Waals surface area contributed by atoms with E-state index >= 15 is 0 Å². The summed E-state index contributed by atoms with van der Waals surface area (Å²) in [6, 6.07) is 0.0293. The Morgan fingerprint density at radius 3 is 2.24 bits per heavy atom. The molecule has 2 rings (SSSR count). The van der Waals surface area contributed by atoms with Crippen molar-refractivity contribution in [3.05, 3.63) is 0 Å². The number of likely N-dealkylation sites (tertiary alicyclic amines) is 2. The number of carboxylic acid groups (broad SMARTS) is 1. The Morgan fingerprint density at radius 1 is 1.14 bits per heavy atom. The fourth-order valence-corrected chi connectivity index (χ4v) is 3.04. The minimum atomic E-state index is -0.753. The van der Waals surface area contributed by atoms with Crippen molar-refractivity contribution in [1.82, 2.24) is 14.7 Å². The van der Waals surface area contributed by atoms with Crippen molar-refractivity contribution < 1.29 is 14.7 Å². The van der Waals surface area contributed by atoms with Gasteiger partial charge in [-0.1, -0.05) is 0 Å². The van der Waals surface area contributed by atoms with Gasteiger partial charge in [-0.25, -0.2) is 4.79 Å².